The van der Waals surface area contributed by atoms with Gasteiger partial charge in [-0.3, -0.25) is 14.4 Å². The molecule has 0 aliphatic rings. The summed E-state index contributed by atoms with van der Waals surface area (Å²) >= 11 is 1.68. The molecule has 144 valence electrons. The molecule has 0 saturated heterocycles. The molecule has 6 nitrogen and oxygen atoms in total. The van der Waals surface area contributed by atoms with Crippen molar-refractivity contribution in [1.82, 2.24) is 4.90 Å². The first kappa shape index (κ1) is 20.6. The quantitative estimate of drug-likeness (QED) is 0.650. The number of rotatable bonds is 10. The van der Waals surface area contributed by atoms with Gasteiger partial charge in [-0.15, -0.1) is 11.3 Å². The number of aliphatic carboxylic acids is 1. The van der Waals surface area contributed by atoms with Crippen LogP contribution in [0.5, 0.6) is 0 Å². The van der Waals surface area contributed by atoms with Gasteiger partial charge < -0.3 is 15.3 Å². The Morgan fingerprint density at radius 3 is 2.63 bits per heavy atom. The average Bonchev–Trinajstić information content (AvgIpc) is 3.15. The fraction of sp³-hybridized carbons (Fsp3) is 0.350. The summed E-state index contributed by atoms with van der Waals surface area (Å²) < 4.78 is 0. The molecule has 2 rings (SSSR count). The van der Waals surface area contributed by atoms with Gasteiger partial charge in [0.2, 0.25) is 5.91 Å². The Labute approximate surface area is 162 Å². The van der Waals surface area contributed by atoms with Crippen molar-refractivity contribution in [1.29, 1.82) is 0 Å². The SMILES string of the molecule is CCN(CCC(=O)O)C(=O)c1cccc(NC(=O)CCCc2cccs2)c1. The number of carboxylic acids is 1. The van der Waals surface area contributed by atoms with Crippen LogP contribution in [-0.2, 0) is 16.0 Å². The van der Waals surface area contributed by atoms with E-state index in [1.54, 1.807) is 42.5 Å². The van der Waals surface area contributed by atoms with Gasteiger partial charge in [-0.1, -0.05) is 12.1 Å². The Morgan fingerprint density at radius 1 is 1.15 bits per heavy atom. The van der Waals surface area contributed by atoms with Gasteiger partial charge in [0.15, 0.2) is 0 Å². The van der Waals surface area contributed by atoms with Gasteiger partial charge in [-0.2, -0.15) is 0 Å². The molecule has 0 aliphatic carbocycles. The number of carbonyl (C=O) groups excluding carboxylic acids is 2. The maximum atomic E-state index is 12.6. The molecule has 0 radical (unpaired) electrons. The number of aryl methyl sites for hydroxylation is 1. The Balaban J connectivity index is 1.90. The van der Waals surface area contributed by atoms with Crippen LogP contribution in [0.4, 0.5) is 5.69 Å². The fourth-order valence-electron chi connectivity index (χ4n) is 2.65. The summed E-state index contributed by atoms with van der Waals surface area (Å²) in [6.45, 7) is 2.38. The van der Waals surface area contributed by atoms with E-state index in [4.69, 9.17) is 5.11 Å². The highest BCUT2D eigenvalue weighted by atomic mass is 32.1. The number of anilines is 1. The van der Waals surface area contributed by atoms with Crippen molar-refractivity contribution in [3.63, 3.8) is 0 Å². The fourth-order valence-corrected chi connectivity index (χ4v) is 3.40. The van der Waals surface area contributed by atoms with Crippen LogP contribution in [-0.4, -0.2) is 40.9 Å². The van der Waals surface area contributed by atoms with Crippen LogP contribution < -0.4 is 5.32 Å². The van der Waals surface area contributed by atoms with E-state index in [0.717, 1.165) is 12.8 Å². The molecule has 0 fully saturated rings. The standard InChI is InChI=1S/C20H24N2O4S/c1-2-22(12-11-19(24)25)20(26)15-6-3-7-16(14-15)21-18(23)10-4-8-17-9-5-13-27-17/h3,5-7,9,13-14H,2,4,8,10-12H2,1H3,(H,21,23)(H,24,25). The molecule has 2 aromatic rings. The van der Waals surface area contributed by atoms with Crippen molar-refractivity contribution < 1.29 is 19.5 Å². The molecule has 27 heavy (non-hydrogen) atoms. The highest BCUT2D eigenvalue weighted by molar-refractivity contribution is 7.09. The molecule has 0 unspecified atom stereocenters. The van der Waals surface area contributed by atoms with Gasteiger partial charge in [-0.25, -0.2) is 0 Å². The minimum Gasteiger partial charge on any atom is -0.481 e. The summed E-state index contributed by atoms with van der Waals surface area (Å²) in [5, 5.41) is 13.6. The molecule has 2 N–H and O–H groups in total. The summed E-state index contributed by atoms with van der Waals surface area (Å²) in [5.41, 5.74) is 0.995. The normalized spacial score (nSPS) is 10.4. The molecule has 0 bridgehead atoms. The van der Waals surface area contributed by atoms with Crippen LogP contribution in [0.1, 0.15) is 41.4 Å². The van der Waals surface area contributed by atoms with Crippen molar-refractivity contribution in [3.05, 3.63) is 52.2 Å². The smallest absolute Gasteiger partial charge is 0.305 e. The lowest BCUT2D eigenvalue weighted by atomic mass is 10.1. The third-order valence-electron chi connectivity index (χ3n) is 4.06. The molecule has 0 saturated carbocycles. The molecule has 2 amide bonds. The molecule has 0 aliphatic heterocycles. The van der Waals surface area contributed by atoms with Gasteiger partial charge in [0, 0.05) is 35.6 Å². The van der Waals surface area contributed by atoms with Gasteiger partial charge >= 0.3 is 5.97 Å². The Morgan fingerprint density at radius 2 is 1.96 bits per heavy atom. The van der Waals surface area contributed by atoms with Gasteiger partial charge in [-0.05, 0) is 49.4 Å². The number of amides is 2. The Kier molecular flexibility index (Phi) is 8.00. The number of hydrogen-bond acceptors (Lipinski definition) is 4. The molecular weight excluding hydrogens is 364 g/mol. The first-order valence-corrected chi connectivity index (χ1v) is 9.81. The zero-order chi connectivity index (χ0) is 19.6. The highest BCUT2D eigenvalue weighted by Crippen LogP contribution is 2.15. The number of nitrogens with zero attached hydrogens (tertiary/aromatic N) is 1. The number of hydrogen-bond donors (Lipinski definition) is 2. The molecule has 1 heterocycles. The Hall–Kier alpha value is -2.67. The van der Waals surface area contributed by atoms with E-state index >= 15 is 0 Å². The van der Waals surface area contributed by atoms with Crippen LogP contribution >= 0.6 is 11.3 Å². The number of carbonyl (C=O) groups is 3. The number of benzene rings is 1. The zero-order valence-corrected chi connectivity index (χ0v) is 16.1. The van der Waals surface area contributed by atoms with Crippen molar-refractivity contribution >= 4 is 34.8 Å². The first-order valence-electron chi connectivity index (χ1n) is 8.93. The van der Waals surface area contributed by atoms with E-state index in [9.17, 15) is 14.4 Å². The minimum atomic E-state index is -0.940. The van der Waals surface area contributed by atoms with Crippen molar-refractivity contribution in [2.45, 2.75) is 32.6 Å². The summed E-state index contributed by atoms with van der Waals surface area (Å²) in [7, 11) is 0. The van der Waals surface area contributed by atoms with Crippen molar-refractivity contribution in [2.75, 3.05) is 18.4 Å². The molecular formula is C20H24N2O4S. The van der Waals surface area contributed by atoms with Crippen molar-refractivity contribution in [2.24, 2.45) is 0 Å². The minimum absolute atomic E-state index is 0.0885. The molecule has 0 spiro atoms. The number of nitrogens with one attached hydrogen (secondary N) is 1. The lowest BCUT2D eigenvalue weighted by Crippen LogP contribution is -2.32. The van der Waals surface area contributed by atoms with Crippen molar-refractivity contribution in [3.8, 4) is 0 Å². The predicted octanol–water partition coefficient (Wildman–Crippen LogP) is 3.65. The second-order valence-corrected chi connectivity index (χ2v) is 7.12. The third-order valence-corrected chi connectivity index (χ3v) is 5.00. The van der Waals surface area contributed by atoms with Gasteiger partial charge in [0.25, 0.3) is 5.91 Å². The topological polar surface area (TPSA) is 86.7 Å². The molecule has 0 atom stereocenters. The van der Waals surface area contributed by atoms with Gasteiger partial charge in [0.05, 0.1) is 6.42 Å². The molecule has 1 aromatic heterocycles. The second-order valence-electron chi connectivity index (χ2n) is 6.09. The maximum Gasteiger partial charge on any atom is 0.305 e. The number of carboxylic acid groups (broad SMARTS) is 1. The van der Waals surface area contributed by atoms with Gasteiger partial charge in [0.1, 0.15) is 0 Å². The maximum absolute atomic E-state index is 12.6. The molecule has 7 heteroatoms. The predicted molar refractivity (Wildman–Crippen MR) is 106 cm³/mol. The van der Waals surface area contributed by atoms with E-state index < -0.39 is 5.97 Å². The van der Waals surface area contributed by atoms with Crippen LogP contribution in [0.15, 0.2) is 41.8 Å². The number of thiophene rings is 1. The second kappa shape index (κ2) is 10.5. The van der Waals surface area contributed by atoms with E-state index in [1.807, 2.05) is 11.4 Å². The van der Waals surface area contributed by atoms with Crippen LogP contribution in [0, 0.1) is 0 Å². The zero-order valence-electron chi connectivity index (χ0n) is 15.3. The Bertz CT molecular complexity index is 774. The van der Waals surface area contributed by atoms with Crippen LogP contribution in [0.2, 0.25) is 0 Å². The monoisotopic (exact) mass is 388 g/mol. The van der Waals surface area contributed by atoms with Crippen LogP contribution in [0.3, 0.4) is 0 Å². The average molecular weight is 388 g/mol. The summed E-state index contributed by atoms with van der Waals surface area (Å²) in [5.74, 6) is -1.27. The summed E-state index contributed by atoms with van der Waals surface area (Å²) in [6, 6.07) is 10.8. The highest BCUT2D eigenvalue weighted by Gasteiger charge is 2.16. The summed E-state index contributed by atoms with van der Waals surface area (Å²) in [4.78, 5) is 38.1. The van der Waals surface area contributed by atoms with E-state index in [-0.39, 0.29) is 24.8 Å². The van der Waals surface area contributed by atoms with Crippen LogP contribution in [0.25, 0.3) is 0 Å². The first-order chi connectivity index (χ1) is 13.0. The lowest BCUT2D eigenvalue weighted by molar-refractivity contribution is -0.137. The van der Waals surface area contributed by atoms with E-state index in [2.05, 4.69) is 11.4 Å². The molecule has 1 aromatic carbocycles. The largest absolute Gasteiger partial charge is 0.481 e. The lowest BCUT2D eigenvalue weighted by Gasteiger charge is -2.20. The van der Waals surface area contributed by atoms with E-state index in [0.29, 0.717) is 24.2 Å². The van der Waals surface area contributed by atoms with E-state index in [1.165, 1.54) is 9.78 Å². The summed E-state index contributed by atoms with van der Waals surface area (Å²) in [6.07, 6.45) is 1.96. The third kappa shape index (κ3) is 6.86.